The molecule has 0 saturated carbocycles. The predicted molar refractivity (Wildman–Crippen MR) is 62.5 cm³/mol. The summed E-state index contributed by atoms with van der Waals surface area (Å²) in [5.41, 5.74) is 2.36. The molecule has 0 aliphatic carbocycles. The van der Waals surface area contributed by atoms with E-state index in [2.05, 4.69) is 33.4 Å². The largest absolute Gasteiger partial charge is 0.292 e. The summed E-state index contributed by atoms with van der Waals surface area (Å²) in [4.78, 5) is 4.15. The summed E-state index contributed by atoms with van der Waals surface area (Å²) in [6.45, 7) is 2.07. The van der Waals surface area contributed by atoms with Gasteiger partial charge in [-0.1, -0.05) is 17.8 Å². The number of hydrogen-bond donors (Lipinski definition) is 0. The third-order valence-electron chi connectivity index (χ3n) is 2.28. The van der Waals surface area contributed by atoms with Gasteiger partial charge in [0.2, 0.25) is 0 Å². The Balaban J connectivity index is 2.25. The van der Waals surface area contributed by atoms with Crippen LogP contribution >= 0.6 is 11.8 Å². The van der Waals surface area contributed by atoms with E-state index in [-0.39, 0.29) is 5.37 Å². The molecule has 2 rings (SSSR count). The Labute approximate surface area is 94.8 Å². The minimum atomic E-state index is 0.272. The predicted octanol–water partition coefficient (Wildman–Crippen LogP) is 2.27. The first kappa shape index (κ1) is 10.5. The minimum absolute atomic E-state index is 0.272. The molecule has 0 spiro atoms. The third kappa shape index (κ3) is 2.01. The summed E-state index contributed by atoms with van der Waals surface area (Å²) in [6, 6.07) is 4.07. The van der Waals surface area contributed by atoms with Crippen LogP contribution in [0.5, 0.6) is 0 Å². The first-order valence-corrected chi connectivity index (χ1v) is 5.69. The molecule has 1 aromatic heterocycles. The van der Waals surface area contributed by atoms with Crippen molar-refractivity contribution in [3.8, 4) is 0 Å². The van der Waals surface area contributed by atoms with Gasteiger partial charge in [-0.05, 0) is 13.0 Å². The van der Waals surface area contributed by atoms with Crippen molar-refractivity contribution in [3.63, 3.8) is 0 Å². The van der Waals surface area contributed by atoms with E-state index in [9.17, 15) is 0 Å². The summed E-state index contributed by atoms with van der Waals surface area (Å²) in [7, 11) is 4.08. The second-order valence-electron chi connectivity index (χ2n) is 3.64. The van der Waals surface area contributed by atoms with Crippen molar-refractivity contribution in [2.75, 3.05) is 14.1 Å². The van der Waals surface area contributed by atoms with Crippen LogP contribution < -0.4 is 0 Å². The van der Waals surface area contributed by atoms with Crippen LogP contribution in [0.25, 0.3) is 0 Å². The second-order valence-corrected chi connectivity index (χ2v) is 4.52. The van der Waals surface area contributed by atoms with Gasteiger partial charge in [-0.2, -0.15) is 0 Å². The zero-order valence-electron chi connectivity index (χ0n) is 9.14. The van der Waals surface area contributed by atoms with Crippen LogP contribution in [0.15, 0.2) is 30.2 Å². The Bertz CT molecular complexity index is 361. The molecule has 1 atom stereocenters. The lowest BCUT2D eigenvalue weighted by Gasteiger charge is -2.33. The van der Waals surface area contributed by atoms with Crippen LogP contribution in [0.3, 0.4) is 0 Å². The average Bonchev–Trinajstić information content (AvgIpc) is 2.61. The van der Waals surface area contributed by atoms with Crippen LogP contribution in [-0.4, -0.2) is 29.1 Å². The van der Waals surface area contributed by atoms with Crippen molar-refractivity contribution in [3.05, 3.63) is 41.2 Å². The fourth-order valence-corrected chi connectivity index (χ4v) is 2.75. The van der Waals surface area contributed by atoms with E-state index in [1.54, 1.807) is 18.0 Å². The lowest BCUT2D eigenvalue weighted by atomic mass is 10.2. The van der Waals surface area contributed by atoms with E-state index in [4.69, 9.17) is 0 Å². The Morgan fingerprint density at radius 1 is 1.53 bits per heavy atom. The van der Waals surface area contributed by atoms with E-state index in [1.165, 1.54) is 5.56 Å². The van der Waals surface area contributed by atoms with Gasteiger partial charge in [-0.25, -0.2) is 5.01 Å². The van der Waals surface area contributed by atoms with Gasteiger partial charge in [0.05, 0.1) is 0 Å². The highest BCUT2D eigenvalue weighted by molar-refractivity contribution is 8.01. The normalized spacial score (nSPS) is 20.9. The fraction of sp³-hybridized carbons (Fsp3) is 0.364. The molecular weight excluding hydrogens is 206 g/mol. The molecule has 79 valence electrons. The first-order chi connectivity index (χ1) is 7.20. The van der Waals surface area contributed by atoms with Crippen molar-refractivity contribution in [2.24, 2.45) is 0 Å². The van der Waals surface area contributed by atoms with E-state index < -0.39 is 0 Å². The van der Waals surface area contributed by atoms with Gasteiger partial charge in [0.1, 0.15) is 5.37 Å². The molecule has 1 unspecified atom stereocenters. The number of rotatable bonds is 2. The number of nitrogens with zero attached hydrogens (tertiary/aromatic N) is 3. The molecule has 0 amide bonds. The smallest absolute Gasteiger partial charge is 0.122 e. The van der Waals surface area contributed by atoms with Gasteiger partial charge in [0, 0.05) is 43.2 Å². The Morgan fingerprint density at radius 2 is 2.33 bits per heavy atom. The number of aromatic nitrogens is 1. The monoisotopic (exact) mass is 220 g/mol. The molecule has 0 N–H and O–H groups in total. The number of hydrazine groups is 1. The quantitative estimate of drug-likeness (QED) is 0.761. The fourth-order valence-electron chi connectivity index (χ4n) is 1.65. The van der Waals surface area contributed by atoms with Crippen LogP contribution in [-0.2, 0) is 0 Å². The SMILES string of the molecule is CC1=[C]SC(c2cccnc2)N1N(C)C. The zero-order chi connectivity index (χ0) is 10.8. The molecule has 4 heteroatoms. The maximum Gasteiger partial charge on any atom is 0.122 e. The summed E-state index contributed by atoms with van der Waals surface area (Å²) in [6.07, 6.45) is 3.71. The molecule has 1 radical (unpaired) electrons. The molecule has 0 bridgehead atoms. The summed E-state index contributed by atoms with van der Waals surface area (Å²) in [5.74, 6) is 0. The zero-order valence-corrected chi connectivity index (χ0v) is 9.95. The van der Waals surface area contributed by atoms with Crippen molar-refractivity contribution >= 4 is 11.8 Å². The molecule has 3 nitrogen and oxygen atoms in total. The number of hydrogen-bond acceptors (Lipinski definition) is 4. The second kappa shape index (κ2) is 4.24. The van der Waals surface area contributed by atoms with Gasteiger partial charge in [-0.3, -0.25) is 9.99 Å². The lowest BCUT2D eigenvalue weighted by molar-refractivity contribution is 0.0570. The van der Waals surface area contributed by atoms with Crippen molar-refractivity contribution in [1.82, 2.24) is 15.0 Å². The lowest BCUT2D eigenvalue weighted by Crippen LogP contribution is -2.35. The van der Waals surface area contributed by atoms with Gasteiger partial charge < -0.3 is 0 Å². The number of allylic oxidation sites excluding steroid dienone is 1. The molecule has 1 aromatic rings. The molecule has 0 saturated heterocycles. The Morgan fingerprint density at radius 3 is 2.93 bits per heavy atom. The molecule has 0 aromatic carbocycles. The third-order valence-corrected chi connectivity index (χ3v) is 3.39. The van der Waals surface area contributed by atoms with Gasteiger partial charge in [-0.15, -0.1) is 0 Å². The first-order valence-electron chi connectivity index (χ1n) is 4.82. The highest BCUT2D eigenvalue weighted by Crippen LogP contribution is 2.41. The van der Waals surface area contributed by atoms with Gasteiger partial charge in [0.15, 0.2) is 0 Å². The molecule has 0 fully saturated rings. The Kier molecular flexibility index (Phi) is 2.98. The van der Waals surface area contributed by atoms with Crippen LogP contribution in [0, 0.1) is 5.41 Å². The van der Waals surface area contributed by atoms with Crippen LogP contribution in [0.4, 0.5) is 0 Å². The summed E-state index contributed by atoms with van der Waals surface area (Å²) < 4.78 is 0. The average molecular weight is 220 g/mol. The maximum atomic E-state index is 4.15. The standard InChI is InChI=1S/C11H14N3S/c1-9-8-15-11(14(9)13(2)3)10-5-4-6-12-7-10/h4-7,11H,1-3H3. The highest BCUT2D eigenvalue weighted by Gasteiger charge is 2.28. The van der Waals surface area contributed by atoms with Crippen molar-refractivity contribution in [1.29, 1.82) is 0 Å². The highest BCUT2D eigenvalue weighted by atomic mass is 32.2. The topological polar surface area (TPSA) is 19.4 Å². The van der Waals surface area contributed by atoms with Crippen molar-refractivity contribution < 1.29 is 0 Å². The molecule has 1 aliphatic rings. The molecule has 2 heterocycles. The van der Waals surface area contributed by atoms with E-state index in [1.807, 2.05) is 26.4 Å². The Hall–Kier alpha value is -1.00. The van der Waals surface area contributed by atoms with Crippen LogP contribution in [0.1, 0.15) is 17.9 Å². The maximum absolute atomic E-state index is 4.15. The minimum Gasteiger partial charge on any atom is -0.292 e. The summed E-state index contributed by atoms with van der Waals surface area (Å²) in [5, 5.41) is 7.85. The molecule has 15 heavy (non-hydrogen) atoms. The van der Waals surface area contributed by atoms with Crippen molar-refractivity contribution in [2.45, 2.75) is 12.3 Å². The van der Waals surface area contributed by atoms with Crippen LogP contribution in [0.2, 0.25) is 0 Å². The molecule has 1 aliphatic heterocycles. The number of thioether (sulfide) groups is 1. The summed E-state index contributed by atoms with van der Waals surface area (Å²) >= 11 is 1.70. The number of pyridine rings is 1. The van der Waals surface area contributed by atoms with E-state index >= 15 is 0 Å². The molecular formula is C11H14N3S. The van der Waals surface area contributed by atoms with Gasteiger partial charge >= 0.3 is 0 Å². The van der Waals surface area contributed by atoms with Gasteiger partial charge in [0.25, 0.3) is 0 Å². The van der Waals surface area contributed by atoms with E-state index in [0.29, 0.717) is 0 Å². The van der Waals surface area contributed by atoms with E-state index in [0.717, 1.165) is 5.70 Å².